The van der Waals surface area contributed by atoms with E-state index in [1.54, 1.807) is 55.6 Å². The fraction of sp³-hybridized carbons (Fsp3) is 0.474. The molecule has 3 aromatic carbocycles. The van der Waals surface area contributed by atoms with Gasteiger partial charge in [-0.25, -0.2) is 23.3 Å². The lowest BCUT2D eigenvalue weighted by Gasteiger charge is -2.43. The maximum absolute atomic E-state index is 14.8. The van der Waals surface area contributed by atoms with Crippen LogP contribution in [0.4, 0.5) is 11.6 Å². The highest BCUT2D eigenvalue weighted by Gasteiger charge is 2.48. The largest absolute Gasteiger partial charge is 0.490 e. The lowest BCUT2D eigenvalue weighted by atomic mass is 9.83. The first-order valence-electron chi connectivity index (χ1n) is 29.7. The first-order chi connectivity index (χ1) is 43.8. The number of nitrogens with zero attached hydrogens (tertiary/aromatic N) is 6. The standard InChI is InChI=1S/C57H74N9O23P3S2/c1-8-65-41-25-43-39(23-37(41)33(27-56(65,3)4)30-93(78,79)80)47(40-24-38-34(31-94(81,82)83)28-57(5,6)66(9-2)42(38)26-44(40)86-43)35-17-12-13-18-36(35)53(71)63(7)21-16-19-46(67)59-20-14-10-11-15-22-84-90(72,73)88-92(76,77)89-91(74,75)85-29-45-49(68)50(69)54(87-45)64-32-60-48-51(64)61-55(58)62-52(48)70/h12-13,17-18,23-28,32,45,49-50,54,68-69H,8-11,14-16,19-22,29-31H2,1-7H3,(H8-,58,59,61,62,67,70,72,73,74,75,76,77,78,79,80,81,82,83)/p+1/t45-,49-,50-,54-/m1/s1. The number of phosphoric acid groups is 3. The van der Waals surface area contributed by atoms with Gasteiger partial charge in [0.05, 0.1) is 36.7 Å². The van der Waals surface area contributed by atoms with Crippen LogP contribution >= 0.6 is 23.5 Å². The number of likely N-dealkylation sites (N-methyl/N-ethyl adjacent to an activating group) is 2. The number of unbranched alkanes of at least 4 members (excludes halogenated alkanes) is 3. The number of nitrogens with two attached hydrogens (primary N) is 1. The van der Waals surface area contributed by atoms with Crippen molar-refractivity contribution in [2.24, 2.45) is 0 Å². The third-order valence-electron chi connectivity index (χ3n) is 16.2. The lowest BCUT2D eigenvalue weighted by molar-refractivity contribution is -0.121. The molecule has 5 aromatic rings. The van der Waals surface area contributed by atoms with Gasteiger partial charge in [-0.3, -0.25) is 42.1 Å². The summed E-state index contributed by atoms with van der Waals surface area (Å²) in [6, 6.07) is 14.0. The summed E-state index contributed by atoms with van der Waals surface area (Å²) in [6.45, 7) is 11.4. The molecule has 0 spiro atoms. The Bertz CT molecular complexity index is 4480. The van der Waals surface area contributed by atoms with E-state index in [0.29, 0.717) is 99.1 Å². The van der Waals surface area contributed by atoms with Crippen LogP contribution in [-0.2, 0) is 61.1 Å². The molecule has 4 aliphatic rings. The lowest BCUT2D eigenvalue weighted by Crippen LogP contribution is -2.50. The Morgan fingerprint density at radius 1 is 0.830 bits per heavy atom. The van der Waals surface area contributed by atoms with Crippen LogP contribution in [0.15, 0.2) is 71.8 Å². The van der Waals surface area contributed by atoms with Crippen LogP contribution in [0.25, 0.3) is 27.9 Å². The molecule has 32 nitrogen and oxygen atoms in total. The first-order valence-corrected chi connectivity index (χ1v) is 37.4. The van der Waals surface area contributed by atoms with E-state index in [9.17, 15) is 78.9 Å². The summed E-state index contributed by atoms with van der Waals surface area (Å²) in [5.74, 6) is -1.69. The molecule has 11 N–H and O–H groups in total. The number of aromatic nitrogens is 4. The molecule has 37 heteroatoms. The molecule has 2 aromatic heterocycles. The highest BCUT2D eigenvalue weighted by atomic mass is 32.2. The quantitative estimate of drug-likeness (QED) is 0.0145. The zero-order valence-electron chi connectivity index (χ0n) is 52.1. The van der Waals surface area contributed by atoms with Gasteiger partial charge in [-0.05, 0) is 87.9 Å². The maximum Gasteiger partial charge on any atom is 0.490 e. The normalized spacial score (nSPS) is 20.9. The number of carbonyl (C=O) groups is 2. The number of carbonyl (C=O) groups excluding carboxylic acids is 2. The first kappa shape index (κ1) is 71.9. The number of ether oxygens (including phenoxy) is 2. The number of aliphatic hydroxyl groups excluding tert-OH is 2. The van der Waals surface area contributed by atoms with Crippen LogP contribution in [-0.4, -0.2) is 174 Å². The van der Waals surface area contributed by atoms with Gasteiger partial charge < -0.3 is 55.2 Å². The number of fused-ring (bicyclic) bond motifs is 5. The number of anilines is 2. The van der Waals surface area contributed by atoms with Crippen LogP contribution in [0.1, 0.15) is 119 Å². The van der Waals surface area contributed by atoms with E-state index < -0.39 is 116 Å². The Morgan fingerprint density at radius 2 is 1.49 bits per heavy atom. The van der Waals surface area contributed by atoms with E-state index in [0.717, 1.165) is 10.9 Å². The Labute approximate surface area is 539 Å². The zero-order chi connectivity index (χ0) is 68.8. The van der Waals surface area contributed by atoms with Gasteiger partial charge in [-0.1, -0.05) is 37.1 Å². The van der Waals surface area contributed by atoms with Crippen molar-refractivity contribution in [1.82, 2.24) is 34.3 Å². The van der Waals surface area contributed by atoms with Crippen molar-refractivity contribution in [1.29, 1.82) is 0 Å². The van der Waals surface area contributed by atoms with Crippen molar-refractivity contribution < 1.29 is 101 Å². The van der Waals surface area contributed by atoms with E-state index >= 15 is 0 Å². The molecule has 0 radical (unpaired) electrons. The fourth-order valence-corrected chi connectivity index (χ4v) is 17.1. The Kier molecular flexibility index (Phi) is 21.1. The number of nitrogens with one attached hydrogen (secondary N) is 2. The molecule has 0 aliphatic carbocycles. The molecular weight excluding hydrogens is 1340 g/mol. The number of imidazole rings is 1. The summed E-state index contributed by atoms with van der Waals surface area (Å²) >= 11 is 0. The van der Waals surface area contributed by atoms with Crippen molar-refractivity contribution in [2.75, 3.05) is 68.6 Å². The highest BCUT2D eigenvalue weighted by molar-refractivity contribution is 7.86. The van der Waals surface area contributed by atoms with Gasteiger partial charge >= 0.3 is 23.5 Å². The van der Waals surface area contributed by atoms with Crippen molar-refractivity contribution in [3.8, 4) is 11.5 Å². The third-order valence-corrected chi connectivity index (χ3v) is 21.8. The highest BCUT2D eigenvalue weighted by Crippen LogP contribution is 2.68. The van der Waals surface area contributed by atoms with Gasteiger partial charge in [0.2, 0.25) is 17.2 Å². The van der Waals surface area contributed by atoms with Gasteiger partial charge in [0.1, 0.15) is 47.9 Å². The Morgan fingerprint density at radius 3 is 2.16 bits per heavy atom. The Balaban J connectivity index is 0.795. The number of nitrogen functional groups attached to an aromatic ring is 1. The van der Waals surface area contributed by atoms with Gasteiger partial charge in [0.15, 0.2) is 22.9 Å². The summed E-state index contributed by atoms with van der Waals surface area (Å²) in [4.78, 5) is 83.9. The number of aromatic amines is 1. The molecule has 1 fully saturated rings. The second-order valence-electron chi connectivity index (χ2n) is 24.0. The molecule has 1 saturated heterocycles. The van der Waals surface area contributed by atoms with E-state index in [4.69, 9.17) is 19.7 Å². The molecular formula is C57H75N9O23P3S2+. The monoisotopic (exact) mass is 1410 g/mol. The summed E-state index contributed by atoms with van der Waals surface area (Å²) in [5.41, 5.74) is 7.04. The number of amides is 2. The molecule has 2 amide bonds. The minimum absolute atomic E-state index is 0.0316. The van der Waals surface area contributed by atoms with E-state index in [-0.39, 0.29) is 60.9 Å². The van der Waals surface area contributed by atoms with Crippen LogP contribution < -0.4 is 41.4 Å². The number of phosphoric ester groups is 2. The van der Waals surface area contributed by atoms with Gasteiger partial charge in [0, 0.05) is 86.2 Å². The van der Waals surface area contributed by atoms with Crippen molar-refractivity contribution >= 4 is 95.0 Å². The van der Waals surface area contributed by atoms with Crippen LogP contribution in [0.3, 0.4) is 0 Å². The van der Waals surface area contributed by atoms with Gasteiger partial charge in [-0.15, -0.1) is 0 Å². The maximum atomic E-state index is 14.8. The number of rotatable bonds is 28. The van der Waals surface area contributed by atoms with E-state index in [2.05, 4.69) is 42.9 Å². The predicted octanol–water partition coefficient (Wildman–Crippen LogP) is 3.73. The molecule has 9 rings (SSSR count). The van der Waals surface area contributed by atoms with E-state index in [1.165, 1.54) is 4.90 Å². The number of hydrogen-bond acceptors (Lipinski definition) is 22. The van der Waals surface area contributed by atoms with Gasteiger partial charge in [-0.2, -0.15) is 30.4 Å². The summed E-state index contributed by atoms with van der Waals surface area (Å²) in [5, 5.41) is 25.1. The Hall–Kier alpha value is -6.39. The minimum Gasteiger partial charge on any atom is -0.456 e. The van der Waals surface area contributed by atoms with Crippen LogP contribution in [0.5, 0.6) is 11.5 Å². The van der Waals surface area contributed by atoms with E-state index in [1.807, 2.05) is 53.7 Å². The van der Waals surface area contributed by atoms with Crippen LogP contribution in [0.2, 0.25) is 0 Å². The smallest absolute Gasteiger partial charge is 0.456 e. The average Bonchev–Trinajstić information content (AvgIpc) is 0.920. The minimum atomic E-state index is -5.88. The third kappa shape index (κ3) is 16.3. The second kappa shape index (κ2) is 27.6. The fourth-order valence-electron chi connectivity index (χ4n) is 12.2. The molecule has 0 saturated carbocycles. The van der Waals surface area contributed by atoms with Crippen LogP contribution in [0, 0.1) is 0 Å². The average molecular weight is 1410 g/mol. The number of benzene rings is 3. The molecule has 3 unspecified atom stereocenters. The number of H-pyrrole nitrogens is 1. The summed E-state index contributed by atoms with van der Waals surface area (Å²) in [6.07, 6.45) is -0.316. The SMILES string of the molecule is CCN1c2cc3c(cc2C(CS(=O)(=O)O)=CC1(C)C)C(c1ccccc1C(=O)N(C)CCCC(=O)NCCCCCCOP(=O)(O)OP(=O)(O)OP(=O)(O)OC[C@H]1O[C@@H](n2cnc4c(=O)[nH]c(N)nc42)[C@H](O)[C@@H]1O)=c1cc2c(cc1O3)=[N+](CC)C(C)(C)C=C2CS(=O)(=O)O. The molecule has 0 bridgehead atoms. The number of aliphatic hydroxyl groups is 2. The van der Waals surface area contributed by atoms with Crippen molar-refractivity contribution in [3.63, 3.8) is 0 Å². The number of hydrogen-bond donors (Lipinski definition) is 10. The molecule has 512 valence electrons. The molecule has 4 aliphatic heterocycles. The summed E-state index contributed by atoms with van der Waals surface area (Å²) in [7, 11) is -24.4. The topological polar surface area (TPSA) is 462 Å². The zero-order valence-corrected chi connectivity index (χ0v) is 56.5. The van der Waals surface area contributed by atoms with Gasteiger partial charge in [0.25, 0.3) is 31.7 Å². The molecule has 6 heterocycles. The molecule has 94 heavy (non-hydrogen) atoms. The second-order valence-corrected chi connectivity index (χ2v) is 31.5. The molecule has 7 atom stereocenters. The predicted molar refractivity (Wildman–Crippen MR) is 342 cm³/mol. The van der Waals surface area contributed by atoms with Crippen molar-refractivity contribution in [2.45, 2.75) is 116 Å². The van der Waals surface area contributed by atoms with Crippen molar-refractivity contribution in [3.05, 3.63) is 116 Å². The summed E-state index contributed by atoms with van der Waals surface area (Å²) < 4.78 is 142.